The molecule has 0 spiro atoms. The Hall–Kier alpha value is -5.44. The van der Waals surface area contributed by atoms with Gasteiger partial charge in [0.15, 0.2) is 5.76 Å². The fourth-order valence-corrected chi connectivity index (χ4v) is 4.33. The van der Waals surface area contributed by atoms with Crippen LogP contribution in [-0.4, -0.2) is 38.6 Å². The smallest absolute Gasteiger partial charge is 0.335 e. The third-order valence-electron chi connectivity index (χ3n) is 6.19. The molecule has 0 radical (unpaired) electrons. The lowest BCUT2D eigenvalue weighted by molar-refractivity contribution is 0.0697. The van der Waals surface area contributed by atoms with Gasteiger partial charge in [-0.25, -0.2) is 9.78 Å². The van der Waals surface area contributed by atoms with Crippen LogP contribution in [0.5, 0.6) is 5.75 Å². The van der Waals surface area contributed by atoms with Crippen molar-refractivity contribution in [3.63, 3.8) is 0 Å². The van der Waals surface area contributed by atoms with E-state index in [9.17, 15) is 14.7 Å². The first kappa shape index (κ1) is 23.0. The first-order valence-electron chi connectivity index (χ1n) is 11.7. The summed E-state index contributed by atoms with van der Waals surface area (Å²) in [7, 11) is 1.58. The van der Waals surface area contributed by atoms with Gasteiger partial charge in [0, 0.05) is 11.9 Å². The molecule has 0 atom stereocenters. The summed E-state index contributed by atoms with van der Waals surface area (Å²) in [6, 6.07) is 24.5. The van der Waals surface area contributed by atoms with E-state index in [1.807, 2.05) is 47.2 Å². The Kier molecular flexibility index (Phi) is 5.57. The number of carbonyl (C=O) groups is 1. The van der Waals surface area contributed by atoms with Gasteiger partial charge in [0.1, 0.15) is 11.3 Å². The predicted octanol–water partition coefficient (Wildman–Crippen LogP) is 5.19. The lowest BCUT2D eigenvalue weighted by Gasteiger charge is -2.09. The van der Waals surface area contributed by atoms with E-state index >= 15 is 0 Å². The number of fused-ring (bicyclic) bond motifs is 2. The summed E-state index contributed by atoms with van der Waals surface area (Å²) in [4.78, 5) is 29.5. The molecule has 186 valence electrons. The van der Waals surface area contributed by atoms with Gasteiger partial charge in [-0.15, -0.1) is 0 Å². The lowest BCUT2D eigenvalue weighted by atomic mass is 10.2. The molecular formula is C29H20N4O5. The Balaban J connectivity index is 1.49. The zero-order chi connectivity index (χ0) is 26.2. The van der Waals surface area contributed by atoms with Crippen LogP contribution < -0.4 is 10.3 Å². The average molecular weight is 505 g/mol. The minimum atomic E-state index is -0.996. The number of hydrogen-bond acceptors (Lipinski definition) is 6. The molecule has 0 bridgehead atoms. The molecule has 0 saturated heterocycles. The minimum Gasteiger partial charge on any atom is -0.496 e. The Morgan fingerprint density at radius 2 is 1.82 bits per heavy atom. The van der Waals surface area contributed by atoms with Crippen molar-refractivity contribution < 1.29 is 19.1 Å². The number of aromatic nitrogens is 3. The maximum Gasteiger partial charge on any atom is 0.335 e. The highest BCUT2D eigenvalue weighted by molar-refractivity contribution is 5.89. The van der Waals surface area contributed by atoms with Gasteiger partial charge in [-0.05, 0) is 66.7 Å². The first-order valence-corrected chi connectivity index (χ1v) is 11.7. The average Bonchev–Trinajstić information content (AvgIpc) is 3.59. The number of furan rings is 1. The highest BCUT2D eigenvalue weighted by Crippen LogP contribution is 2.32. The molecule has 0 aliphatic heterocycles. The highest BCUT2D eigenvalue weighted by Gasteiger charge is 2.18. The second kappa shape index (κ2) is 9.21. The van der Waals surface area contributed by atoms with Gasteiger partial charge in [-0.2, -0.15) is 9.78 Å². The van der Waals surface area contributed by atoms with Crippen LogP contribution in [0.1, 0.15) is 16.1 Å². The lowest BCUT2D eigenvalue weighted by Crippen LogP contribution is -2.20. The molecule has 3 heterocycles. The van der Waals surface area contributed by atoms with E-state index in [1.54, 1.807) is 49.7 Å². The van der Waals surface area contributed by atoms with Crippen molar-refractivity contribution in [1.82, 2.24) is 14.2 Å². The van der Waals surface area contributed by atoms with E-state index in [4.69, 9.17) is 14.1 Å². The van der Waals surface area contributed by atoms with Gasteiger partial charge in [-0.1, -0.05) is 18.2 Å². The SMILES string of the molecule is COc1cccc2oc(-c3nc4ccccc4c(=O)n3N=Cc3cccn3-c3ccc(C(=O)O)cc3)cc12. The molecule has 3 aromatic heterocycles. The van der Waals surface area contributed by atoms with Crippen molar-refractivity contribution in [3.05, 3.63) is 113 Å². The van der Waals surface area contributed by atoms with E-state index < -0.39 is 5.97 Å². The van der Waals surface area contributed by atoms with Crippen LogP contribution in [0.2, 0.25) is 0 Å². The monoisotopic (exact) mass is 504 g/mol. The van der Waals surface area contributed by atoms with E-state index in [0.29, 0.717) is 33.7 Å². The topological polar surface area (TPSA) is 112 Å². The Bertz CT molecular complexity index is 1910. The van der Waals surface area contributed by atoms with Gasteiger partial charge < -0.3 is 18.8 Å². The second-order valence-corrected chi connectivity index (χ2v) is 8.45. The normalized spacial score (nSPS) is 11.5. The molecule has 0 amide bonds. The molecule has 0 fully saturated rings. The maximum atomic E-state index is 13.6. The molecule has 9 nitrogen and oxygen atoms in total. The molecule has 6 rings (SSSR count). The summed E-state index contributed by atoms with van der Waals surface area (Å²) in [5.41, 5.74) is 2.37. The van der Waals surface area contributed by atoms with E-state index in [1.165, 1.54) is 16.8 Å². The molecule has 38 heavy (non-hydrogen) atoms. The highest BCUT2D eigenvalue weighted by atomic mass is 16.5. The van der Waals surface area contributed by atoms with Crippen molar-refractivity contribution in [3.8, 4) is 23.0 Å². The van der Waals surface area contributed by atoms with Crippen LogP contribution in [0.15, 0.2) is 105 Å². The number of benzene rings is 3. The number of hydrogen-bond donors (Lipinski definition) is 1. The number of aromatic carboxylic acids is 1. The summed E-state index contributed by atoms with van der Waals surface area (Å²) in [5, 5.41) is 14.9. The van der Waals surface area contributed by atoms with Crippen LogP contribution in [0.25, 0.3) is 39.1 Å². The number of rotatable bonds is 6. The fraction of sp³-hybridized carbons (Fsp3) is 0.0345. The summed E-state index contributed by atoms with van der Waals surface area (Å²) in [6.45, 7) is 0. The molecule has 1 N–H and O–H groups in total. The van der Waals surface area contributed by atoms with Gasteiger partial charge in [0.25, 0.3) is 5.56 Å². The van der Waals surface area contributed by atoms with Crippen LogP contribution in [0.4, 0.5) is 0 Å². The largest absolute Gasteiger partial charge is 0.496 e. The van der Waals surface area contributed by atoms with Gasteiger partial charge in [0.2, 0.25) is 5.82 Å². The number of methoxy groups -OCH3 is 1. The van der Waals surface area contributed by atoms with E-state index in [-0.39, 0.29) is 16.9 Å². The molecule has 3 aromatic carbocycles. The Labute approximate surface area is 215 Å². The van der Waals surface area contributed by atoms with Crippen LogP contribution in [0, 0.1) is 0 Å². The number of ether oxygens (including phenoxy) is 1. The molecule has 6 aromatic rings. The molecule has 0 aliphatic carbocycles. The standard InChI is InChI=1S/C29H20N4O5/c1-37-24-9-4-10-25-22(24)16-26(38-25)27-31-23-8-3-2-7-21(23)28(34)33(27)30-17-20-6-5-15-32(20)19-13-11-18(12-14-19)29(35)36/h2-17H,1H3,(H,35,36). The third-order valence-corrected chi connectivity index (χ3v) is 6.19. The minimum absolute atomic E-state index is 0.192. The Morgan fingerprint density at radius 3 is 2.61 bits per heavy atom. The summed E-state index contributed by atoms with van der Waals surface area (Å²) >= 11 is 0. The predicted molar refractivity (Wildman–Crippen MR) is 143 cm³/mol. The summed E-state index contributed by atoms with van der Waals surface area (Å²) < 4.78 is 14.6. The van der Waals surface area contributed by atoms with Crippen LogP contribution in [-0.2, 0) is 0 Å². The van der Waals surface area contributed by atoms with E-state index in [0.717, 1.165) is 11.1 Å². The van der Waals surface area contributed by atoms with Crippen LogP contribution >= 0.6 is 0 Å². The van der Waals surface area contributed by atoms with Crippen molar-refractivity contribution in [1.29, 1.82) is 0 Å². The quantitative estimate of drug-likeness (QED) is 0.313. The summed E-state index contributed by atoms with van der Waals surface area (Å²) in [5.74, 6) is 0.253. The van der Waals surface area contributed by atoms with Crippen molar-refractivity contribution in [2.24, 2.45) is 5.10 Å². The third kappa shape index (κ3) is 3.92. The zero-order valence-corrected chi connectivity index (χ0v) is 20.1. The summed E-state index contributed by atoms with van der Waals surface area (Å²) in [6.07, 6.45) is 3.38. The number of carboxylic acids is 1. The van der Waals surface area contributed by atoms with Gasteiger partial charge in [-0.3, -0.25) is 4.79 Å². The second-order valence-electron chi connectivity index (χ2n) is 8.45. The molecule has 0 aliphatic rings. The maximum absolute atomic E-state index is 13.6. The number of nitrogens with zero attached hydrogens (tertiary/aromatic N) is 4. The Morgan fingerprint density at radius 1 is 1.00 bits per heavy atom. The molecule has 0 saturated carbocycles. The molecular weight excluding hydrogens is 484 g/mol. The van der Waals surface area contributed by atoms with Crippen molar-refractivity contribution >= 4 is 34.1 Å². The van der Waals surface area contributed by atoms with E-state index in [2.05, 4.69) is 5.10 Å². The number of para-hydroxylation sites is 1. The van der Waals surface area contributed by atoms with Crippen molar-refractivity contribution in [2.45, 2.75) is 0 Å². The fourth-order valence-electron chi connectivity index (χ4n) is 4.33. The van der Waals surface area contributed by atoms with Gasteiger partial charge >= 0.3 is 5.97 Å². The van der Waals surface area contributed by atoms with Crippen LogP contribution in [0.3, 0.4) is 0 Å². The zero-order valence-electron chi connectivity index (χ0n) is 20.1. The molecule has 0 unspecified atom stereocenters. The molecule has 9 heteroatoms. The van der Waals surface area contributed by atoms with Crippen molar-refractivity contribution in [2.75, 3.05) is 7.11 Å². The first-order chi connectivity index (χ1) is 18.5. The van der Waals surface area contributed by atoms with Gasteiger partial charge in [0.05, 0.1) is 40.9 Å². The number of carboxylic acid groups (broad SMARTS) is 1.